The number of anilines is 1. The average molecular weight is 384 g/mol. The first-order valence-electron chi connectivity index (χ1n) is 8.40. The molecule has 140 valence electrons. The standard InChI is InChI=1S/C17H19F3N4OS/c1-2-21-15(25)11-5-6-14(22-8-11)24-7-3-4-12(9-24)16-23-13(10-26-16)17(18,19)20/h5-6,8,10,12H,2-4,7,9H2,1H3,(H,21,25). The number of carbonyl (C=O) groups is 1. The summed E-state index contributed by atoms with van der Waals surface area (Å²) in [6, 6.07) is 3.48. The van der Waals surface area contributed by atoms with Gasteiger partial charge in [0.1, 0.15) is 5.82 Å². The second-order valence-corrected chi connectivity index (χ2v) is 7.01. The van der Waals surface area contributed by atoms with Crippen molar-refractivity contribution in [3.63, 3.8) is 0 Å². The molecule has 1 N–H and O–H groups in total. The zero-order valence-electron chi connectivity index (χ0n) is 14.2. The van der Waals surface area contributed by atoms with Crippen molar-refractivity contribution in [1.82, 2.24) is 15.3 Å². The van der Waals surface area contributed by atoms with E-state index in [1.54, 1.807) is 12.1 Å². The van der Waals surface area contributed by atoms with E-state index in [1.807, 2.05) is 11.8 Å². The van der Waals surface area contributed by atoms with Crippen molar-refractivity contribution in [2.75, 3.05) is 24.5 Å². The van der Waals surface area contributed by atoms with Gasteiger partial charge in [-0.3, -0.25) is 4.79 Å². The highest BCUT2D eigenvalue weighted by atomic mass is 32.1. The highest BCUT2D eigenvalue weighted by molar-refractivity contribution is 7.09. The summed E-state index contributed by atoms with van der Waals surface area (Å²) in [5, 5.41) is 4.30. The molecule has 0 saturated carbocycles. The first kappa shape index (κ1) is 18.6. The molecular weight excluding hydrogens is 365 g/mol. The van der Waals surface area contributed by atoms with Crippen LogP contribution in [0, 0.1) is 0 Å². The van der Waals surface area contributed by atoms with E-state index in [2.05, 4.69) is 15.3 Å². The van der Waals surface area contributed by atoms with Gasteiger partial charge < -0.3 is 10.2 Å². The highest BCUT2D eigenvalue weighted by Gasteiger charge is 2.35. The van der Waals surface area contributed by atoms with Crippen molar-refractivity contribution in [1.29, 1.82) is 0 Å². The van der Waals surface area contributed by atoms with Gasteiger partial charge in [0.25, 0.3) is 5.91 Å². The molecule has 9 heteroatoms. The Morgan fingerprint density at radius 1 is 1.42 bits per heavy atom. The number of halogens is 3. The van der Waals surface area contributed by atoms with Gasteiger partial charge >= 0.3 is 6.18 Å². The van der Waals surface area contributed by atoms with Gasteiger partial charge in [0.05, 0.1) is 10.6 Å². The monoisotopic (exact) mass is 384 g/mol. The van der Waals surface area contributed by atoms with Crippen molar-refractivity contribution in [3.8, 4) is 0 Å². The van der Waals surface area contributed by atoms with E-state index >= 15 is 0 Å². The molecule has 2 aromatic heterocycles. The number of aromatic nitrogens is 2. The summed E-state index contributed by atoms with van der Waals surface area (Å²) in [6.07, 6.45) is -1.22. The van der Waals surface area contributed by atoms with Crippen molar-refractivity contribution in [3.05, 3.63) is 40.0 Å². The van der Waals surface area contributed by atoms with Crippen molar-refractivity contribution in [2.45, 2.75) is 31.9 Å². The Morgan fingerprint density at radius 2 is 2.23 bits per heavy atom. The summed E-state index contributed by atoms with van der Waals surface area (Å²) < 4.78 is 38.3. The maximum atomic E-state index is 12.8. The number of hydrogen-bond acceptors (Lipinski definition) is 5. The topological polar surface area (TPSA) is 58.1 Å². The Balaban J connectivity index is 1.70. The van der Waals surface area contributed by atoms with Crippen molar-refractivity contribution in [2.24, 2.45) is 0 Å². The molecule has 1 unspecified atom stereocenters. The van der Waals surface area contributed by atoms with Crippen LogP contribution in [0.25, 0.3) is 0 Å². The normalized spacial score (nSPS) is 18.0. The largest absolute Gasteiger partial charge is 0.434 e. The lowest BCUT2D eigenvalue weighted by Crippen LogP contribution is -2.35. The van der Waals surface area contributed by atoms with E-state index in [0.29, 0.717) is 23.7 Å². The third-order valence-corrected chi connectivity index (χ3v) is 5.26. The van der Waals surface area contributed by atoms with Crippen LogP contribution in [0.5, 0.6) is 0 Å². The molecule has 2 aromatic rings. The Labute approximate surface area is 153 Å². The maximum absolute atomic E-state index is 12.8. The third-order valence-electron chi connectivity index (χ3n) is 4.25. The van der Waals surface area contributed by atoms with Gasteiger partial charge in [-0.25, -0.2) is 9.97 Å². The molecule has 0 radical (unpaired) electrons. The van der Waals surface area contributed by atoms with Gasteiger partial charge in [0.15, 0.2) is 5.69 Å². The highest BCUT2D eigenvalue weighted by Crippen LogP contribution is 2.35. The van der Waals surface area contributed by atoms with Gasteiger partial charge in [0, 0.05) is 37.1 Å². The Morgan fingerprint density at radius 3 is 2.85 bits per heavy atom. The number of nitrogens with zero attached hydrogens (tertiary/aromatic N) is 3. The van der Waals surface area contributed by atoms with Gasteiger partial charge in [0.2, 0.25) is 0 Å². The van der Waals surface area contributed by atoms with Gasteiger partial charge in [-0.05, 0) is 31.9 Å². The number of hydrogen-bond donors (Lipinski definition) is 1. The smallest absolute Gasteiger partial charge is 0.356 e. The molecule has 3 heterocycles. The maximum Gasteiger partial charge on any atom is 0.434 e. The van der Waals surface area contributed by atoms with Crippen LogP contribution >= 0.6 is 11.3 Å². The summed E-state index contributed by atoms with van der Waals surface area (Å²) in [6.45, 7) is 3.73. The molecular formula is C17H19F3N4OS. The fraction of sp³-hybridized carbons (Fsp3) is 0.471. The molecule has 0 aromatic carbocycles. The SMILES string of the molecule is CCNC(=O)c1ccc(N2CCCC(c3nc(C(F)(F)F)cs3)C2)nc1. The summed E-state index contributed by atoms with van der Waals surface area (Å²) in [4.78, 5) is 22.0. The molecule has 1 saturated heterocycles. The number of carbonyl (C=O) groups excluding carboxylic acids is 1. The minimum atomic E-state index is -4.40. The first-order chi connectivity index (χ1) is 12.4. The predicted molar refractivity (Wildman–Crippen MR) is 93.5 cm³/mol. The van der Waals surface area contributed by atoms with Crippen LogP contribution in [0.1, 0.15) is 46.7 Å². The second kappa shape index (κ2) is 7.61. The van der Waals surface area contributed by atoms with Gasteiger partial charge in [-0.1, -0.05) is 0 Å². The molecule has 5 nitrogen and oxygen atoms in total. The molecule has 1 atom stereocenters. The molecule has 3 rings (SSSR count). The fourth-order valence-corrected chi connectivity index (χ4v) is 3.92. The molecule has 1 aliphatic heterocycles. The second-order valence-electron chi connectivity index (χ2n) is 6.12. The number of piperidine rings is 1. The van der Waals surface area contributed by atoms with E-state index in [9.17, 15) is 18.0 Å². The minimum absolute atomic E-state index is 0.0466. The molecule has 26 heavy (non-hydrogen) atoms. The number of alkyl halides is 3. The lowest BCUT2D eigenvalue weighted by atomic mass is 9.98. The average Bonchev–Trinajstić information content (AvgIpc) is 3.13. The summed E-state index contributed by atoms with van der Waals surface area (Å²) in [5.74, 6) is 0.496. The third kappa shape index (κ3) is 4.14. The van der Waals surface area contributed by atoms with Gasteiger partial charge in [-0.2, -0.15) is 13.2 Å². The lowest BCUT2D eigenvalue weighted by Gasteiger charge is -2.32. The van der Waals surface area contributed by atoms with Crippen LogP contribution in [0.2, 0.25) is 0 Å². The molecule has 0 bridgehead atoms. The van der Waals surface area contributed by atoms with E-state index in [-0.39, 0.29) is 11.8 Å². The summed E-state index contributed by atoms with van der Waals surface area (Å²) >= 11 is 1.06. The van der Waals surface area contributed by atoms with Crippen LogP contribution in [0.4, 0.5) is 19.0 Å². The summed E-state index contributed by atoms with van der Waals surface area (Å²) in [7, 11) is 0. The van der Waals surface area contributed by atoms with Crippen LogP contribution in [-0.4, -0.2) is 35.5 Å². The first-order valence-corrected chi connectivity index (χ1v) is 9.28. The molecule has 1 fully saturated rings. The lowest BCUT2D eigenvalue weighted by molar-refractivity contribution is -0.140. The minimum Gasteiger partial charge on any atom is -0.356 e. The fourth-order valence-electron chi connectivity index (χ4n) is 2.96. The van der Waals surface area contributed by atoms with E-state index in [1.165, 1.54) is 6.20 Å². The predicted octanol–water partition coefficient (Wildman–Crippen LogP) is 3.69. The van der Waals surface area contributed by atoms with Crippen molar-refractivity contribution >= 4 is 23.1 Å². The Bertz CT molecular complexity index is 760. The Kier molecular flexibility index (Phi) is 5.45. The zero-order chi connectivity index (χ0) is 18.7. The Hall–Kier alpha value is -2.16. The van der Waals surface area contributed by atoms with Crippen LogP contribution in [0.3, 0.4) is 0 Å². The van der Waals surface area contributed by atoms with Gasteiger partial charge in [-0.15, -0.1) is 11.3 Å². The van der Waals surface area contributed by atoms with Crippen LogP contribution in [0.15, 0.2) is 23.7 Å². The summed E-state index contributed by atoms with van der Waals surface area (Å²) in [5.41, 5.74) is -0.335. The molecule has 0 spiro atoms. The van der Waals surface area contributed by atoms with Crippen LogP contribution in [-0.2, 0) is 6.18 Å². The van der Waals surface area contributed by atoms with Crippen molar-refractivity contribution < 1.29 is 18.0 Å². The zero-order valence-corrected chi connectivity index (χ0v) is 15.0. The van der Waals surface area contributed by atoms with Crippen LogP contribution < -0.4 is 10.2 Å². The molecule has 1 amide bonds. The number of rotatable bonds is 4. The number of pyridine rings is 1. The van der Waals surface area contributed by atoms with E-state index in [0.717, 1.165) is 41.9 Å². The van der Waals surface area contributed by atoms with E-state index in [4.69, 9.17) is 0 Å². The number of amides is 1. The van der Waals surface area contributed by atoms with E-state index < -0.39 is 11.9 Å². The quantitative estimate of drug-likeness (QED) is 0.874. The number of nitrogens with one attached hydrogen (secondary N) is 1. The molecule has 1 aliphatic rings. The number of thiazole rings is 1. The molecule has 0 aliphatic carbocycles.